The molecule has 41 heavy (non-hydrogen) atoms. The highest BCUT2D eigenvalue weighted by atomic mass is 32.1. The number of carbonyl (C=O) groups is 1. The van der Waals surface area contributed by atoms with Gasteiger partial charge in [-0.15, -0.1) is 0 Å². The number of aromatic carboxylic acids is 1. The standard InChI is InChI=1S/C29H29FN6O4S/c1-29(14-23-33-26-25(34-27(41-26)28(37)38)36(23)16-20-7-12-39-20)8-10-35(11-9-29)22-3-2-4-24(32-22)40-17-19-6-5-18(15-31)13-21(19)30/h2-6,13,20H,7-12,14,16-17H2,1H3,(H,37,38)/t20-/m0/s1. The van der Waals surface area contributed by atoms with Gasteiger partial charge in [0.1, 0.15) is 24.1 Å². The van der Waals surface area contributed by atoms with Crippen molar-refractivity contribution in [2.24, 2.45) is 5.41 Å². The molecule has 2 saturated heterocycles. The summed E-state index contributed by atoms with van der Waals surface area (Å²) in [5.41, 5.74) is 1.25. The fourth-order valence-corrected chi connectivity index (χ4v) is 6.08. The van der Waals surface area contributed by atoms with Crippen LogP contribution < -0.4 is 9.64 Å². The van der Waals surface area contributed by atoms with Crippen molar-refractivity contribution in [3.05, 3.63) is 64.2 Å². The maximum absolute atomic E-state index is 14.2. The highest BCUT2D eigenvalue weighted by molar-refractivity contribution is 7.19. The first-order chi connectivity index (χ1) is 19.8. The molecule has 0 bridgehead atoms. The number of rotatable bonds is 9. The van der Waals surface area contributed by atoms with E-state index in [0.29, 0.717) is 28.5 Å². The Kier molecular flexibility index (Phi) is 7.32. The SMILES string of the molecule is CC1(Cc2nc3sc(C(=O)O)nc3n2C[C@@H]2CCO2)CCN(c2cccc(OCc3ccc(C#N)cc3F)n2)CC1. The van der Waals surface area contributed by atoms with Crippen molar-refractivity contribution in [3.63, 3.8) is 0 Å². The minimum absolute atomic E-state index is 0.000946. The second kappa shape index (κ2) is 11.1. The van der Waals surface area contributed by atoms with Crippen LogP contribution in [0.2, 0.25) is 0 Å². The molecule has 1 atom stereocenters. The summed E-state index contributed by atoms with van der Waals surface area (Å²) in [5, 5.41) is 18.4. The van der Waals surface area contributed by atoms with Crippen LogP contribution >= 0.6 is 11.3 Å². The number of ether oxygens (including phenoxy) is 2. The van der Waals surface area contributed by atoms with Crippen LogP contribution in [0.4, 0.5) is 10.2 Å². The van der Waals surface area contributed by atoms with E-state index in [9.17, 15) is 14.3 Å². The van der Waals surface area contributed by atoms with Gasteiger partial charge in [-0.05, 0) is 42.9 Å². The van der Waals surface area contributed by atoms with Crippen LogP contribution in [-0.4, -0.2) is 56.4 Å². The van der Waals surface area contributed by atoms with Crippen molar-refractivity contribution in [3.8, 4) is 11.9 Å². The van der Waals surface area contributed by atoms with Crippen LogP contribution in [0.25, 0.3) is 10.5 Å². The predicted octanol–water partition coefficient (Wildman–Crippen LogP) is 4.81. The number of pyridine rings is 1. The highest BCUT2D eigenvalue weighted by Gasteiger charge is 2.34. The molecule has 0 unspecified atom stereocenters. The summed E-state index contributed by atoms with van der Waals surface area (Å²) in [6.45, 7) is 5.27. The Balaban J connectivity index is 1.11. The molecule has 2 fully saturated rings. The number of piperidine rings is 1. The molecule has 12 heteroatoms. The first-order valence-corrected chi connectivity index (χ1v) is 14.4. The van der Waals surface area contributed by atoms with Gasteiger partial charge in [0.25, 0.3) is 0 Å². The number of hydrogen-bond acceptors (Lipinski definition) is 9. The van der Waals surface area contributed by atoms with Crippen molar-refractivity contribution >= 4 is 33.6 Å². The summed E-state index contributed by atoms with van der Waals surface area (Å²) < 4.78 is 27.7. The van der Waals surface area contributed by atoms with Crippen LogP contribution in [0, 0.1) is 22.6 Å². The van der Waals surface area contributed by atoms with E-state index < -0.39 is 11.8 Å². The molecule has 6 rings (SSSR count). The number of thiazole rings is 1. The molecule has 5 heterocycles. The Morgan fingerprint density at radius 1 is 1.27 bits per heavy atom. The number of anilines is 1. The molecule has 10 nitrogen and oxygen atoms in total. The molecule has 0 aliphatic carbocycles. The predicted molar refractivity (Wildman–Crippen MR) is 150 cm³/mol. The molecule has 3 aromatic heterocycles. The topological polar surface area (TPSA) is 126 Å². The summed E-state index contributed by atoms with van der Waals surface area (Å²) in [7, 11) is 0. The third-order valence-corrected chi connectivity index (χ3v) is 8.82. The summed E-state index contributed by atoms with van der Waals surface area (Å²) in [6.07, 6.45) is 3.67. The van der Waals surface area contributed by atoms with Crippen molar-refractivity contribution in [1.82, 2.24) is 19.5 Å². The molecule has 4 aromatic rings. The van der Waals surface area contributed by atoms with Gasteiger partial charge in [0.15, 0.2) is 10.5 Å². The van der Waals surface area contributed by atoms with E-state index in [1.807, 2.05) is 18.2 Å². The first kappa shape index (κ1) is 27.1. The van der Waals surface area contributed by atoms with Crippen molar-refractivity contribution in [2.45, 2.75) is 51.9 Å². The van der Waals surface area contributed by atoms with E-state index in [1.165, 1.54) is 6.07 Å². The summed E-state index contributed by atoms with van der Waals surface area (Å²) in [4.78, 5) is 28.2. The third kappa shape index (κ3) is 5.73. The molecular weight excluding hydrogens is 547 g/mol. The summed E-state index contributed by atoms with van der Waals surface area (Å²) in [5.74, 6) is 0.623. The fourth-order valence-electron chi connectivity index (χ4n) is 5.28. The van der Waals surface area contributed by atoms with Gasteiger partial charge in [0.2, 0.25) is 10.9 Å². The lowest BCUT2D eigenvalue weighted by Crippen LogP contribution is -2.40. The molecule has 2 aliphatic heterocycles. The van der Waals surface area contributed by atoms with E-state index in [0.717, 1.165) is 68.4 Å². The molecule has 212 valence electrons. The van der Waals surface area contributed by atoms with E-state index in [2.05, 4.69) is 26.4 Å². The second-order valence-corrected chi connectivity index (χ2v) is 11.9. The van der Waals surface area contributed by atoms with E-state index in [1.54, 1.807) is 18.2 Å². The molecule has 0 amide bonds. The number of nitriles is 1. The number of aromatic nitrogens is 4. The Morgan fingerprint density at radius 3 is 2.76 bits per heavy atom. The molecule has 0 spiro atoms. The normalized spacial score (nSPS) is 18.2. The van der Waals surface area contributed by atoms with Crippen molar-refractivity contribution < 1.29 is 23.8 Å². The van der Waals surface area contributed by atoms with Gasteiger partial charge in [0, 0.05) is 37.7 Å². The first-order valence-electron chi connectivity index (χ1n) is 13.5. The lowest BCUT2D eigenvalue weighted by atomic mass is 9.77. The number of fused-ring (bicyclic) bond motifs is 1. The molecular formula is C29H29FN6O4S. The zero-order valence-corrected chi connectivity index (χ0v) is 23.4. The number of halogens is 1. The van der Waals surface area contributed by atoms with Gasteiger partial charge >= 0.3 is 5.97 Å². The Morgan fingerprint density at radius 2 is 2.07 bits per heavy atom. The largest absolute Gasteiger partial charge is 0.476 e. The van der Waals surface area contributed by atoms with Gasteiger partial charge in [-0.2, -0.15) is 10.2 Å². The van der Waals surface area contributed by atoms with Crippen LogP contribution in [0.1, 0.15) is 52.9 Å². The number of benzene rings is 1. The average molecular weight is 577 g/mol. The van der Waals surface area contributed by atoms with Crippen LogP contribution in [0.5, 0.6) is 5.88 Å². The molecule has 0 radical (unpaired) electrons. The number of imidazole rings is 1. The number of carboxylic acid groups (broad SMARTS) is 1. The van der Waals surface area contributed by atoms with Crippen LogP contribution in [0.15, 0.2) is 36.4 Å². The highest BCUT2D eigenvalue weighted by Crippen LogP contribution is 2.37. The Bertz CT molecular complexity index is 1630. The van der Waals surface area contributed by atoms with Crippen LogP contribution in [0.3, 0.4) is 0 Å². The van der Waals surface area contributed by atoms with E-state index in [-0.39, 0.29) is 28.7 Å². The zero-order chi connectivity index (χ0) is 28.6. The van der Waals surface area contributed by atoms with E-state index >= 15 is 0 Å². The fraction of sp³-hybridized carbons (Fsp3) is 0.414. The summed E-state index contributed by atoms with van der Waals surface area (Å²) >= 11 is 1.11. The van der Waals surface area contributed by atoms with Gasteiger partial charge in [-0.1, -0.05) is 30.4 Å². The quantitative estimate of drug-likeness (QED) is 0.299. The second-order valence-electron chi connectivity index (χ2n) is 10.9. The molecule has 0 saturated carbocycles. The monoisotopic (exact) mass is 576 g/mol. The average Bonchev–Trinajstić information content (AvgIpc) is 3.48. The minimum atomic E-state index is -1.04. The van der Waals surface area contributed by atoms with Gasteiger partial charge < -0.3 is 24.0 Å². The lowest BCUT2D eigenvalue weighted by molar-refractivity contribution is -0.0592. The number of carboxylic acids is 1. The van der Waals surface area contributed by atoms with Gasteiger partial charge in [0.05, 0.1) is 24.3 Å². The molecule has 1 N–H and O–H groups in total. The smallest absolute Gasteiger partial charge is 0.365 e. The molecule has 1 aromatic carbocycles. The maximum atomic E-state index is 14.2. The maximum Gasteiger partial charge on any atom is 0.365 e. The zero-order valence-electron chi connectivity index (χ0n) is 22.5. The van der Waals surface area contributed by atoms with Crippen LogP contribution in [-0.2, 0) is 24.3 Å². The van der Waals surface area contributed by atoms with Crippen molar-refractivity contribution in [1.29, 1.82) is 5.26 Å². The van der Waals surface area contributed by atoms with Gasteiger partial charge in [-0.25, -0.2) is 19.2 Å². The Hall–Kier alpha value is -4.08. The minimum Gasteiger partial charge on any atom is -0.476 e. The Labute approximate surface area is 240 Å². The van der Waals surface area contributed by atoms with E-state index in [4.69, 9.17) is 19.7 Å². The molecule has 2 aliphatic rings. The third-order valence-electron chi connectivity index (χ3n) is 7.90. The number of hydrogen-bond donors (Lipinski definition) is 1. The van der Waals surface area contributed by atoms with Gasteiger partial charge in [-0.3, -0.25) is 0 Å². The number of nitrogens with zero attached hydrogens (tertiary/aromatic N) is 6. The lowest BCUT2D eigenvalue weighted by Gasteiger charge is -2.40. The van der Waals surface area contributed by atoms with Crippen molar-refractivity contribution in [2.75, 3.05) is 24.6 Å². The summed E-state index contributed by atoms with van der Waals surface area (Å²) in [6, 6.07) is 11.8.